The van der Waals surface area contributed by atoms with Crippen LogP contribution in [0.1, 0.15) is 25.3 Å². The highest BCUT2D eigenvalue weighted by Crippen LogP contribution is 2.47. The predicted molar refractivity (Wildman–Crippen MR) is 63.9 cm³/mol. The van der Waals surface area contributed by atoms with Crippen molar-refractivity contribution < 1.29 is 8.42 Å². The molecule has 16 heavy (non-hydrogen) atoms. The molecular weight excluding hydrogens is 222 g/mol. The summed E-state index contributed by atoms with van der Waals surface area (Å²) in [5, 5.41) is 0. The summed E-state index contributed by atoms with van der Waals surface area (Å²) in [5.41, 5.74) is 1.53. The van der Waals surface area contributed by atoms with Gasteiger partial charge in [0.25, 0.3) is 0 Å². The molecule has 4 heteroatoms. The minimum absolute atomic E-state index is 0.292. The van der Waals surface area contributed by atoms with E-state index in [-0.39, 0.29) is 0 Å². The number of hydrogen-bond acceptors (Lipinski definition) is 2. The molecule has 0 amide bonds. The maximum absolute atomic E-state index is 11.8. The highest BCUT2D eigenvalue weighted by molar-refractivity contribution is 7.89. The molecule has 0 spiro atoms. The second-order valence-electron chi connectivity index (χ2n) is 4.87. The van der Waals surface area contributed by atoms with Crippen LogP contribution >= 0.6 is 0 Å². The summed E-state index contributed by atoms with van der Waals surface area (Å²) in [4.78, 5) is 0.366. The third kappa shape index (κ3) is 1.87. The molecule has 0 unspecified atom stereocenters. The highest BCUT2D eigenvalue weighted by Gasteiger charge is 2.38. The molecule has 1 aromatic carbocycles. The first-order chi connectivity index (χ1) is 7.36. The zero-order chi connectivity index (χ0) is 12.0. The first-order valence-electron chi connectivity index (χ1n) is 5.39. The monoisotopic (exact) mass is 239 g/mol. The molecule has 0 bridgehead atoms. The second-order valence-corrected chi connectivity index (χ2v) is 7.02. The molecule has 0 aromatic heterocycles. The molecule has 2 rings (SSSR count). The number of benzene rings is 1. The zero-order valence-corrected chi connectivity index (χ0v) is 10.7. The van der Waals surface area contributed by atoms with E-state index in [1.807, 2.05) is 12.1 Å². The van der Waals surface area contributed by atoms with Gasteiger partial charge in [0, 0.05) is 14.1 Å². The van der Waals surface area contributed by atoms with Crippen LogP contribution in [0.15, 0.2) is 29.2 Å². The minimum atomic E-state index is -3.29. The molecule has 0 radical (unpaired) electrons. The Morgan fingerprint density at radius 2 is 1.62 bits per heavy atom. The van der Waals surface area contributed by atoms with E-state index in [1.54, 1.807) is 26.2 Å². The molecule has 0 aliphatic heterocycles. The molecule has 1 aromatic rings. The normalized spacial score (nSPS) is 18.8. The maximum atomic E-state index is 11.8. The van der Waals surface area contributed by atoms with Crippen molar-refractivity contribution in [2.75, 3.05) is 14.1 Å². The summed E-state index contributed by atoms with van der Waals surface area (Å²) in [6.07, 6.45) is 2.40. The quantitative estimate of drug-likeness (QED) is 0.809. The van der Waals surface area contributed by atoms with E-state index in [9.17, 15) is 8.42 Å². The molecule has 3 nitrogen and oxygen atoms in total. The Hall–Kier alpha value is -0.870. The summed E-state index contributed by atoms with van der Waals surface area (Å²) in [6.45, 7) is 2.21. The van der Waals surface area contributed by atoms with E-state index in [1.165, 1.54) is 22.7 Å². The molecular formula is C12H17NO2S. The Kier molecular flexibility index (Phi) is 2.59. The number of nitrogens with zero attached hydrogens (tertiary/aromatic N) is 1. The fraction of sp³-hybridized carbons (Fsp3) is 0.500. The zero-order valence-electron chi connectivity index (χ0n) is 9.90. The van der Waals surface area contributed by atoms with Crippen molar-refractivity contribution in [1.29, 1.82) is 0 Å². The van der Waals surface area contributed by atoms with Crippen molar-refractivity contribution >= 4 is 10.0 Å². The highest BCUT2D eigenvalue weighted by atomic mass is 32.2. The Morgan fingerprint density at radius 3 is 2.00 bits per heavy atom. The van der Waals surface area contributed by atoms with E-state index >= 15 is 0 Å². The number of sulfonamides is 1. The van der Waals surface area contributed by atoms with Crippen LogP contribution in [-0.2, 0) is 15.4 Å². The van der Waals surface area contributed by atoms with Gasteiger partial charge in [-0.25, -0.2) is 12.7 Å². The van der Waals surface area contributed by atoms with Gasteiger partial charge in [-0.05, 0) is 36.0 Å². The Labute approximate surface area is 97.1 Å². The fourth-order valence-electron chi connectivity index (χ4n) is 1.72. The standard InChI is InChI=1S/C12H17NO2S/c1-12(8-9-12)10-4-6-11(7-5-10)16(14,15)13(2)3/h4-7H,8-9H2,1-3H3. The van der Waals surface area contributed by atoms with E-state index in [0.29, 0.717) is 10.3 Å². The van der Waals surface area contributed by atoms with Crippen molar-refractivity contribution in [1.82, 2.24) is 4.31 Å². The van der Waals surface area contributed by atoms with E-state index in [2.05, 4.69) is 6.92 Å². The smallest absolute Gasteiger partial charge is 0.207 e. The van der Waals surface area contributed by atoms with Gasteiger partial charge in [-0.3, -0.25) is 0 Å². The van der Waals surface area contributed by atoms with Crippen LogP contribution in [0.3, 0.4) is 0 Å². The number of hydrogen-bond donors (Lipinski definition) is 0. The molecule has 0 saturated heterocycles. The third-order valence-corrected chi connectivity index (χ3v) is 5.16. The first kappa shape index (κ1) is 11.6. The average molecular weight is 239 g/mol. The molecule has 0 atom stereocenters. The van der Waals surface area contributed by atoms with Crippen molar-refractivity contribution in [3.8, 4) is 0 Å². The Balaban J connectivity index is 2.33. The van der Waals surface area contributed by atoms with E-state index < -0.39 is 10.0 Å². The fourth-order valence-corrected chi connectivity index (χ4v) is 2.62. The van der Waals surface area contributed by atoms with Gasteiger partial charge in [0.05, 0.1) is 4.90 Å². The van der Waals surface area contributed by atoms with Gasteiger partial charge in [0.1, 0.15) is 0 Å². The summed E-state index contributed by atoms with van der Waals surface area (Å²) in [6, 6.07) is 7.27. The van der Waals surface area contributed by atoms with Crippen LogP contribution in [0.25, 0.3) is 0 Å². The average Bonchev–Trinajstić information content (AvgIpc) is 2.98. The van der Waals surface area contributed by atoms with Gasteiger partial charge in [0.2, 0.25) is 10.0 Å². The summed E-state index contributed by atoms with van der Waals surface area (Å²) in [5.74, 6) is 0. The summed E-state index contributed by atoms with van der Waals surface area (Å²) < 4.78 is 24.9. The molecule has 1 aliphatic carbocycles. The summed E-state index contributed by atoms with van der Waals surface area (Å²) >= 11 is 0. The lowest BCUT2D eigenvalue weighted by Gasteiger charge is -2.13. The van der Waals surface area contributed by atoms with Crippen molar-refractivity contribution in [3.63, 3.8) is 0 Å². The lowest BCUT2D eigenvalue weighted by atomic mass is 9.99. The SMILES string of the molecule is CN(C)S(=O)(=O)c1ccc(C2(C)CC2)cc1. The lowest BCUT2D eigenvalue weighted by Crippen LogP contribution is -2.22. The van der Waals surface area contributed by atoms with E-state index in [0.717, 1.165) is 0 Å². The maximum Gasteiger partial charge on any atom is 0.242 e. The molecule has 1 aliphatic rings. The second kappa shape index (κ2) is 3.57. The van der Waals surface area contributed by atoms with Gasteiger partial charge in [-0.15, -0.1) is 0 Å². The van der Waals surface area contributed by atoms with Gasteiger partial charge >= 0.3 is 0 Å². The molecule has 1 saturated carbocycles. The number of rotatable bonds is 3. The Bertz CT molecular complexity index is 484. The van der Waals surface area contributed by atoms with Crippen LogP contribution in [0, 0.1) is 0 Å². The van der Waals surface area contributed by atoms with Crippen LogP contribution in [0.5, 0.6) is 0 Å². The minimum Gasteiger partial charge on any atom is -0.207 e. The van der Waals surface area contributed by atoms with Crippen molar-refractivity contribution in [2.24, 2.45) is 0 Å². The lowest BCUT2D eigenvalue weighted by molar-refractivity contribution is 0.520. The predicted octanol–water partition coefficient (Wildman–Crippen LogP) is 1.99. The van der Waals surface area contributed by atoms with Crippen LogP contribution in [-0.4, -0.2) is 26.8 Å². The van der Waals surface area contributed by atoms with Gasteiger partial charge < -0.3 is 0 Å². The molecule has 0 heterocycles. The van der Waals surface area contributed by atoms with Gasteiger partial charge in [-0.1, -0.05) is 19.1 Å². The van der Waals surface area contributed by atoms with Crippen molar-refractivity contribution in [2.45, 2.75) is 30.1 Å². The van der Waals surface area contributed by atoms with Gasteiger partial charge in [0.15, 0.2) is 0 Å². The topological polar surface area (TPSA) is 37.4 Å². The summed E-state index contributed by atoms with van der Waals surface area (Å²) in [7, 11) is -0.191. The van der Waals surface area contributed by atoms with Gasteiger partial charge in [-0.2, -0.15) is 0 Å². The van der Waals surface area contributed by atoms with Crippen LogP contribution in [0.4, 0.5) is 0 Å². The first-order valence-corrected chi connectivity index (χ1v) is 6.83. The van der Waals surface area contributed by atoms with Crippen LogP contribution in [0.2, 0.25) is 0 Å². The molecule has 0 N–H and O–H groups in total. The van der Waals surface area contributed by atoms with Crippen LogP contribution < -0.4 is 0 Å². The third-order valence-electron chi connectivity index (χ3n) is 3.33. The van der Waals surface area contributed by atoms with E-state index in [4.69, 9.17) is 0 Å². The largest absolute Gasteiger partial charge is 0.242 e. The van der Waals surface area contributed by atoms with Crippen molar-refractivity contribution in [3.05, 3.63) is 29.8 Å². The molecule has 1 fully saturated rings. The Morgan fingerprint density at radius 1 is 1.12 bits per heavy atom. The molecule has 88 valence electrons.